The largest absolute Gasteiger partial charge is 0.490 e. The first kappa shape index (κ1) is 22.7. The van der Waals surface area contributed by atoms with E-state index in [1.807, 2.05) is 29.5 Å². The molecule has 0 radical (unpaired) electrons. The summed E-state index contributed by atoms with van der Waals surface area (Å²) in [5.41, 5.74) is 5.78. The molecule has 0 bridgehead atoms. The number of nitrogens with zero attached hydrogens (tertiary/aromatic N) is 2. The fraction of sp³-hybridized carbons (Fsp3) is 0.235. The number of rotatable bonds is 8. The molecule has 10 nitrogen and oxygen atoms in total. The topological polar surface area (TPSA) is 142 Å². The van der Waals surface area contributed by atoms with Gasteiger partial charge in [-0.2, -0.15) is 5.10 Å². The predicted molar refractivity (Wildman–Crippen MR) is 116 cm³/mol. The summed E-state index contributed by atoms with van der Waals surface area (Å²) >= 11 is 3.01. The number of amides is 2. The van der Waals surface area contributed by atoms with E-state index < -0.39 is 17.8 Å². The first-order valence-electron chi connectivity index (χ1n) is 8.11. The molecule has 1 aliphatic rings. The highest BCUT2D eigenvalue weighted by atomic mass is 127. The number of carbonyl (C=O) groups excluding carboxylic acids is 3. The molecule has 1 heterocycles. The van der Waals surface area contributed by atoms with E-state index in [-0.39, 0.29) is 16.7 Å². The predicted octanol–water partition coefficient (Wildman–Crippen LogP) is 1.16. The Morgan fingerprint density at radius 1 is 1.34 bits per heavy atom. The van der Waals surface area contributed by atoms with Crippen LogP contribution in [0.2, 0.25) is 0 Å². The zero-order chi connectivity index (χ0) is 21.4. The van der Waals surface area contributed by atoms with E-state index in [9.17, 15) is 14.4 Å². The van der Waals surface area contributed by atoms with Crippen molar-refractivity contribution in [3.8, 4) is 11.5 Å². The molecule has 1 saturated heterocycles. The second kappa shape index (κ2) is 10.8. The van der Waals surface area contributed by atoms with Gasteiger partial charge in [-0.1, -0.05) is 0 Å². The molecular formula is C17H17IN4O6S. The molecule has 0 aliphatic carbocycles. The van der Waals surface area contributed by atoms with Crippen LogP contribution in [0.3, 0.4) is 0 Å². The quantitative estimate of drug-likeness (QED) is 0.168. The zero-order valence-corrected chi connectivity index (χ0v) is 18.4. The molecule has 2 amide bonds. The Morgan fingerprint density at radius 3 is 2.76 bits per heavy atom. The van der Waals surface area contributed by atoms with Crippen LogP contribution in [0, 0.1) is 3.57 Å². The fourth-order valence-electron chi connectivity index (χ4n) is 2.00. The lowest BCUT2D eigenvalue weighted by atomic mass is 10.2. The number of halogens is 1. The number of thioether (sulfide) groups is 1. The van der Waals surface area contributed by atoms with Crippen molar-refractivity contribution in [2.24, 2.45) is 15.9 Å². The number of carbonyl (C=O) groups is 3. The second-order valence-electron chi connectivity index (χ2n) is 5.26. The molecule has 29 heavy (non-hydrogen) atoms. The number of hydrogen-bond donors (Lipinski definition) is 2. The maximum Gasteiger partial charge on any atom is 0.331 e. The molecule has 0 unspecified atom stereocenters. The number of amidine groups is 1. The number of benzene rings is 1. The number of ether oxygens (including phenoxy) is 3. The van der Waals surface area contributed by atoms with Crippen LogP contribution in [0.15, 0.2) is 33.3 Å². The van der Waals surface area contributed by atoms with Crippen molar-refractivity contribution >= 4 is 63.5 Å². The molecule has 2 rings (SSSR count). The standard InChI is InChI=1S/C17H17IN4O6S/c1-3-27-11-5-9(4-10(18)15(11)28-8-13(19)23)7-20-22-17-21-16(25)12(29-17)6-14(24)26-2/h4-7H,3,8H2,1-2H3,(H2,19,23)(H,21,22,25)/b12-6+,20-7?. The minimum absolute atomic E-state index is 0.162. The van der Waals surface area contributed by atoms with Gasteiger partial charge in [0.15, 0.2) is 23.3 Å². The van der Waals surface area contributed by atoms with Crippen LogP contribution in [0.25, 0.3) is 0 Å². The SMILES string of the molecule is CCOc1cc(C=N/N=C2/NC(=O)/C(=C\C(=O)OC)S2)cc(I)c1OCC(N)=O. The number of primary amides is 1. The molecule has 1 aromatic rings. The summed E-state index contributed by atoms with van der Waals surface area (Å²) in [6.45, 7) is 1.94. The normalized spacial score (nSPS) is 16.3. The molecule has 0 aromatic heterocycles. The average Bonchev–Trinajstić information content (AvgIpc) is 3.00. The third-order valence-corrected chi connectivity index (χ3v) is 4.85. The maximum absolute atomic E-state index is 11.8. The maximum atomic E-state index is 11.8. The first-order chi connectivity index (χ1) is 13.8. The zero-order valence-electron chi connectivity index (χ0n) is 15.4. The van der Waals surface area contributed by atoms with Gasteiger partial charge >= 0.3 is 5.97 Å². The Kier molecular flexibility index (Phi) is 8.45. The van der Waals surface area contributed by atoms with Gasteiger partial charge in [-0.05, 0) is 59.0 Å². The van der Waals surface area contributed by atoms with Crippen molar-refractivity contribution in [3.05, 3.63) is 32.2 Å². The van der Waals surface area contributed by atoms with Gasteiger partial charge in [0, 0.05) is 6.08 Å². The molecule has 0 saturated carbocycles. The van der Waals surface area contributed by atoms with Crippen LogP contribution in [-0.2, 0) is 19.1 Å². The van der Waals surface area contributed by atoms with Crippen molar-refractivity contribution in [1.82, 2.24) is 5.32 Å². The highest BCUT2D eigenvalue weighted by Gasteiger charge is 2.25. The van der Waals surface area contributed by atoms with Crippen molar-refractivity contribution in [1.29, 1.82) is 0 Å². The lowest BCUT2D eigenvalue weighted by molar-refractivity contribution is -0.135. The molecule has 0 atom stereocenters. The summed E-state index contributed by atoms with van der Waals surface area (Å²) in [6, 6.07) is 3.43. The van der Waals surface area contributed by atoms with E-state index in [0.29, 0.717) is 27.2 Å². The Bertz CT molecular complexity index is 915. The van der Waals surface area contributed by atoms with Gasteiger partial charge in [-0.25, -0.2) is 4.79 Å². The smallest absolute Gasteiger partial charge is 0.331 e. The lowest BCUT2D eigenvalue weighted by Gasteiger charge is -2.13. The van der Waals surface area contributed by atoms with Crippen LogP contribution < -0.4 is 20.5 Å². The molecule has 3 N–H and O–H groups in total. The van der Waals surface area contributed by atoms with Gasteiger partial charge in [-0.15, -0.1) is 5.10 Å². The molecule has 0 spiro atoms. The summed E-state index contributed by atoms with van der Waals surface area (Å²) in [5, 5.41) is 10.6. The van der Waals surface area contributed by atoms with Crippen LogP contribution in [0.4, 0.5) is 0 Å². The molecular weight excluding hydrogens is 515 g/mol. The summed E-state index contributed by atoms with van der Waals surface area (Å²) in [5.74, 6) is -0.850. The summed E-state index contributed by atoms with van der Waals surface area (Å²) in [4.78, 5) is 34.1. The average molecular weight is 532 g/mol. The van der Waals surface area contributed by atoms with Crippen molar-refractivity contribution < 1.29 is 28.6 Å². The highest BCUT2D eigenvalue weighted by molar-refractivity contribution is 14.1. The highest BCUT2D eigenvalue weighted by Crippen LogP contribution is 2.34. The minimum atomic E-state index is -0.635. The van der Waals surface area contributed by atoms with Crippen LogP contribution in [0.1, 0.15) is 12.5 Å². The van der Waals surface area contributed by atoms with Gasteiger partial charge < -0.3 is 19.9 Å². The third kappa shape index (κ3) is 6.74. The second-order valence-corrected chi connectivity index (χ2v) is 7.45. The number of methoxy groups -OCH3 is 1. The third-order valence-electron chi connectivity index (χ3n) is 3.15. The summed E-state index contributed by atoms with van der Waals surface area (Å²) < 4.78 is 16.1. The van der Waals surface area contributed by atoms with Gasteiger partial charge in [-0.3, -0.25) is 14.9 Å². The summed E-state index contributed by atoms with van der Waals surface area (Å²) in [7, 11) is 1.22. The lowest BCUT2D eigenvalue weighted by Crippen LogP contribution is -2.20. The number of nitrogens with two attached hydrogens (primary N) is 1. The van der Waals surface area contributed by atoms with Crippen molar-refractivity contribution in [2.75, 3.05) is 20.3 Å². The molecule has 1 aliphatic heterocycles. The van der Waals surface area contributed by atoms with Gasteiger partial charge in [0.1, 0.15) is 0 Å². The van der Waals surface area contributed by atoms with Gasteiger partial charge in [0.25, 0.3) is 11.8 Å². The Balaban J connectivity index is 2.17. The Hall–Kier alpha value is -2.61. The Morgan fingerprint density at radius 2 is 2.10 bits per heavy atom. The van der Waals surface area contributed by atoms with Crippen LogP contribution in [0.5, 0.6) is 11.5 Å². The monoisotopic (exact) mass is 532 g/mol. The van der Waals surface area contributed by atoms with E-state index in [2.05, 4.69) is 20.3 Å². The van der Waals surface area contributed by atoms with E-state index in [4.69, 9.17) is 15.2 Å². The number of esters is 1. The molecule has 154 valence electrons. The fourth-order valence-corrected chi connectivity index (χ4v) is 3.52. The minimum Gasteiger partial charge on any atom is -0.490 e. The first-order valence-corrected chi connectivity index (χ1v) is 10.0. The van der Waals surface area contributed by atoms with E-state index in [0.717, 1.165) is 17.8 Å². The molecule has 12 heteroatoms. The van der Waals surface area contributed by atoms with Crippen LogP contribution in [-0.4, -0.2) is 49.5 Å². The van der Waals surface area contributed by atoms with Crippen molar-refractivity contribution in [2.45, 2.75) is 6.92 Å². The van der Waals surface area contributed by atoms with Gasteiger partial charge in [0.2, 0.25) is 0 Å². The molecule has 1 fully saturated rings. The van der Waals surface area contributed by atoms with Crippen molar-refractivity contribution in [3.63, 3.8) is 0 Å². The number of nitrogens with one attached hydrogen (secondary N) is 1. The Labute approximate surface area is 184 Å². The van der Waals surface area contributed by atoms with Crippen LogP contribution >= 0.6 is 34.4 Å². The van der Waals surface area contributed by atoms with E-state index in [1.54, 1.807) is 12.1 Å². The van der Waals surface area contributed by atoms with E-state index >= 15 is 0 Å². The van der Waals surface area contributed by atoms with E-state index in [1.165, 1.54) is 13.3 Å². The molecule has 1 aromatic carbocycles. The number of hydrogen-bond acceptors (Lipinski definition) is 9. The van der Waals surface area contributed by atoms with Gasteiger partial charge in [0.05, 0.1) is 28.4 Å². The summed E-state index contributed by atoms with van der Waals surface area (Å²) in [6.07, 6.45) is 2.54.